The summed E-state index contributed by atoms with van der Waals surface area (Å²) >= 11 is 0. The summed E-state index contributed by atoms with van der Waals surface area (Å²) in [4.78, 5) is 14.5. The van der Waals surface area contributed by atoms with E-state index in [1.165, 1.54) is 6.42 Å². The number of hydrogen-bond donors (Lipinski definition) is 2. The van der Waals surface area contributed by atoms with E-state index in [0.717, 1.165) is 13.0 Å². The second-order valence-electron chi connectivity index (χ2n) is 5.28. The van der Waals surface area contributed by atoms with Crippen molar-refractivity contribution >= 4 is 11.6 Å². The fourth-order valence-corrected chi connectivity index (χ4v) is 2.70. The number of likely N-dealkylation sites (tertiary alicyclic amines) is 1. The molecule has 1 aromatic rings. The molecular formula is C14H19N3O3. The second-order valence-corrected chi connectivity index (χ2v) is 5.28. The molecule has 2 aliphatic rings. The average Bonchev–Trinajstić information content (AvgIpc) is 3.03. The van der Waals surface area contributed by atoms with E-state index >= 15 is 0 Å². The highest BCUT2D eigenvalue weighted by Gasteiger charge is 2.23. The number of hydrogen-bond acceptors (Lipinski definition) is 5. The van der Waals surface area contributed by atoms with E-state index in [1.54, 1.807) is 12.1 Å². The number of nitrogen functional groups attached to an aromatic ring is 1. The van der Waals surface area contributed by atoms with Crippen LogP contribution in [0.2, 0.25) is 0 Å². The van der Waals surface area contributed by atoms with E-state index in [4.69, 9.17) is 15.2 Å². The summed E-state index contributed by atoms with van der Waals surface area (Å²) in [6.07, 6.45) is 2.30. The molecule has 3 N–H and O–H groups in total. The highest BCUT2D eigenvalue weighted by Crippen LogP contribution is 2.35. The van der Waals surface area contributed by atoms with Crippen LogP contribution in [-0.2, 0) is 0 Å². The molecule has 1 aromatic carbocycles. The number of ether oxygens (including phenoxy) is 2. The Balaban J connectivity index is 1.68. The van der Waals surface area contributed by atoms with Crippen molar-refractivity contribution in [3.8, 4) is 11.5 Å². The Morgan fingerprint density at radius 2 is 2.20 bits per heavy atom. The van der Waals surface area contributed by atoms with Gasteiger partial charge < -0.3 is 25.4 Å². The molecule has 0 aliphatic carbocycles. The third-order valence-corrected chi connectivity index (χ3v) is 3.96. The van der Waals surface area contributed by atoms with Gasteiger partial charge in [-0.05, 0) is 32.5 Å². The minimum absolute atomic E-state index is 0.166. The number of carbonyl (C=O) groups is 1. The molecule has 2 heterocycles. The molecule has 0 radical (unpaired) electrons. The maximum absolute atomic E-state index is 12.2. The van der Waals surface area contributed by atoms with Crippen molar-refractivity contribution in [1.29, 1.82) is 0 Å². The molecule has 1 atom stereocenters. The minimum atomic E-state index is -0.166. The Bertz CT molecular complexity index is 533. The molecule has 0 bridgehead atoms. The maximum Gasteiger partial charge on any atom is 0.253 e. The third kappa shape index (κ3) is 2.38. The van der Waals surface area contributed by atoms with Crippen LogP contribution in [0.25, 0.3) is 0 Å². The smallest absolute Gasteiger partial charge is 0.253 e. The van der Waals surface area contributed by atoms with E-state index in [2.05, 4.69) is 17.3 Å². The molecule has 1 amide bonds. The summed E-state index contributed by atoms with van der Waals surface area (Å²) in [5.74, 6) is 0.998. The summed E-state index contributed by atoms with van der Waals surface area (Å²) in [7, 11) is 2.08. The Kier molecular flexibility index (Phi) is 3.40. The van der Waals surface area contributed by atoms with Crippen LogP contribution in [-0.4, -0.2) is 43.8 Å². The molecule has 0 aromatic heterocycles. The van der Waals surface area contributed by atoms with E-state index < -0.39 is 0 Å². The topological polar surface area (TPSA) is 76.8 Å². The monoisotopic (exact) mass is 277 g/mol. The number of benzene rings is 1. The molecule has 20 heavy (non-hydrogen) atoms. The van der Waals surface area contributed by atoms with Crippen molar-refractivity contribution in [2.75, 3.05) is 32.7 Å². The normalized spacial score (nSPS) is 21.1. The Morgan fingerprint density at radius 1 is 1.45 bits per heavy atom. The Morgan fingerprint density at radius 3 is 2.90 bits per heavy atom. The SMILES string of the molecule is CN1CCCC1CNC(=O)c1cc2c(cc1N)OCO2. The summed E-state index contributed by atoms with van der Waals surface area (Å²) in [6, 6.07) is 3.69. The van der Waals surface area contributed by atoms with Gasteiger partial charge in [0, 0.05) is 24.3 Å². The van der Waals surface area contributed by atoms with Gasteiger partial charge in [0.2, 0.25) is 6.79 Å². The molecule has 1 saturated heterocycles. The van der Waals surface area contributed by atoms with Gasteiger partial charge in [0.25, 0.3) is 5.91 Å². The summed E-state index contributed by atoms with van der Waals surface area (Å²) in [5.41, 5.74) is 6.75. The van der Waals surface area contributed by atoms with Crippen LogP contribution in [0.15, 0.2) is 12.1 Å². The van der Waals surface area contributed by atoms with Gasteiger partial charge in [0.15, 0.2) is 11.5 Å². The summed E-state index contributed by atoms with van der Waals surface area (Å²) < 4.78 is 10.5. The zero-order valence-electron chi connectivity index (χ0n) is 11.5. The molecule has 108 valence electrons. The first-order valence-corrected chi connectivity index (χ1v) is 6.82. The van der Waals surface area contributed by atoms with Gasteiger partial charge in [-0.15, -0.1) is 0 Å². The first-order valence-electron chi connectivity index (χ1n) is 6.82. The van der Waals surface area contributed by atoms with Crippen molar-refractivity contribution in [3.05, 3.63) is 17.7 Å². The van der Waals surface area contributed by atoms with Gasteiger partial charge in [0.05, 0.1) is 5.56 Å². The number of rotatable bonds is 3. The standard InChI is InChI=1S/C14H19N3O3/c1-17-4-2-3-9(17)7-16-14(18)10-5-12-13(6-11(10)15)20-8-19-12/h5-6,9H,2-4,7-8,15H2,1H3,(H,16,18). The van der Waals surface area contributed by atoms with Crippen molar-refractivity contribution < 1.29 is 14.3 Å². The lowest BCUT2D eigenvalue weighted by Crippen LogP contribution is -2.38. The van der Waals surface area contributed by atoms with Crippen molar-refractivity contribution in [2.24, 2.45) is 0 Å². The van der Waals surface area contributed by atoms with Crippen LogP contribution in [0.3, 0.4) is 0 Å². The number of nitrogens with zero attached hydrogens (tertiary/aromatic N) is 1. The fourth-order valence-electron chi connectivity index (χ4n) is 2.70. The van der Waals surface area contributed by atoms with E-state index in [-0.39, 0.29) is 12.7 Å². The minimum Gasteiger partial charge on any atom is -0.454 e. The largest absolute Gasteiger partial charge is 0.454 e. The second kappa shape index (κ2) is 5.20. The molecule has 0 spiro atoms. The lowest BCUT2D eigenvalue weighted by molar-refractivity contribution is 0.0944. The number of fused-ring (bicyclic) bond motifs is 1. The number of amides is 1. The molecular weight excluding hydrogens is 258 g/mol. The third-order valence-electron chi connectivity index (χ3n) is 3.96. The van der Waals surface area contributed by atoms with E-state index in [0.29, 0.717) is 35.3 Å². The molecule has 3 rings (SSSR count). The molecule has 6 heteroatoms. The van der Waals surface area contributed by atoms with Crippen LogP contribution in [0, 0.1) is 0 Å². The predicted octanol–water partition coefficient (Wildman–Crippen LogP) is 0.821. The van der Waals surface area contributed by atoms with Crippen LogP contribution >= 0.6 is 0 Å². The van der Waals surface area contributed by atoms with Crippen LogP contribution < -0.4 is 20.5 Å². The lowest BCUT2D eigenvalue weighted by atomic mass is 10.1. The van der Waals surface area contributed by atoms with Crippen molar-refractivity contribution in [1.82, 2.24) is 10.2 Å². The molecule has 6 nitrogen and oxygen atoms in total. The average molecular weight is 277 g/mol. The number of anilines is 1. The number of carbonyl (C=O) groups excluding carboxylic acids is 1. The number of nitrogens with two attached hydrogens (primary N) is 1. The maximum atomic E-state index is 12.2. The van der Waals surface area contributed by atoms with Gasteiger partial charge in [-0.2, -0.15) is 0 Å². The van der Waals surface area contributed by atoms with Crippen molar-refractivity contribution in [3.63, 3.8) is 0 Å². The van der Waals surface area contributed by atoms with Gasteiger partial charge in [-0.25, -0.2) is 0 Å². The van der Waals surface area contributed by atoms with Crippen LogP contribution in [0.4, 0.5) is 5.69 Å². The molecule has 1 unspecified atom stereocenters. The zero-order chi connectivity index (χ0) is 14.1. The first-order chi connectivity index (χ1) is 9.65. The molecule has 1 fully saturated rings. The van der Waals surface area contributed by atoms with Gasteiger partial charge in [0.1, 0.15) is 0 Å². The first kappa shape index (κ1) is 13.1. The number of likely N-dealkylation sites (N-methyl/N-ethyl adjacent to an activating group) is 1. The Labute approximate surface area is 117 Å². The zero-order valence-corrected chi connectivity index (χ0v) is 11.5. The molecule has 0 saturated carbocycles. The predicted molar refractivity (Wildman–Crippen MR) is 75.0 cm³/mol. The van der Waals surface area contributed by atoms with E-state index in [1.807, 2.05) is 0 Å². The highest BCUT2D eigenvalue weighted by atomic mass is 16.7. The summed E-state index contributed by atoms with van der Waals surface area (Å²) in [6.45, 7) is 1.91. The Hall–Kier alpha value is -1.95. The van der Waals surface area contributed by atoms with Gasteiger partial charge in [-0.1, -0.05) is 0 Å². The number of nitrogens with one attached hydrogen (secondary N) is 1. The van der Waals surface area contributed by atoms with Crippen LogP contribution in [0.5, 0.6) is 11.5 Å². The van der Waals surface area contributed by atoms with Gasteiger partial charge >= 0.3 is 0 Å². The molecule has 2 aliphatic heterocycles. The highest BCUT2D eigenvalue weighted by molar-refractivity contribution is 6.00. The van der Waals surface area contributed by atoms with Crippen LogP contribution in [0.1, 0.15) is 23.2 Å². The van der Waals surface area contributed by atoms with Gasteiger partial charge in [-0.3, -0.25) is 4.79 Å². The fraction of sp³-hybridized carbons (Fsp3) is 0.500. The summed E-state index contributed by atoms with van der Waals surface area (Å²) in [5, 5.41) is 2.95. The lowest BCUT2D eigenvalue weighted by Gasteiger charge is -2.19. The van der Waals surface area contributed by atoms with E-state index in [9.17, 15) is 4.79 Å². The quantitative estimate of drug-likeness (QED) is 0.800. The van der Waals surface area contributed by atoms with Crippen molar-refractivity contribution in [2.45, 2.75) is 18.9 Å².